The number of guanidine groups is 1. The zero-order chi connectivity index (χ0) is 16.0. The van der Waals surface area contributed by atoms with E-state index in [0.29, 0.717) is 6.54 Å². The maximum atomic E-state index is 9.37. The molecule has 0 aromatic heterocycles. The van der Waals surface area contributed by atoms with E-state index in [1.165, 1.54) is 16.7 Å². The van der Waals surface area contributed by atoms with Crippen LogP contribution in [0.25, 0.3) is 0 Å². The van der Waals surface area contributed by atoms with Crippen molar-refractivity contribution in [2.75, 3.05) is 26.2 Å². The van der Waals surface area contributed by atoms with Gasteiger partial charge in [-0.05, 0) is 45.6 Å². The Labute approximate surface area is 157 Å². The molecule has 1 aliphatic carbocycles. The van der Waals surface area contributed by atoms with Crippen molar-refractivity contribution in [1.29, 1.82) is 0 Å². The van der Waals surface area contributed by atoms with Crippen LogP contribution in [-0.2, 0) is 6.42 Å². The molecule has 0 amide bonds. The highest BCUT2D eigenvalue weighted by Crippen LogP contribution is 2.45. The molecule has 23 heavy (non-hydrogen) atoms. The van der Waals surface area contributed by atoms with Crippen molar-refractivity contribution in [1.82, 2.24) is 10.6 Å². The number of aryl methyl sites for hydroxylation is 2. The molecule has 1 fully saturated rings. The third kappa shape index (κ3) is 6.67. The molecule has 130 valence electrons. The quantitative estimate of drug-likeness (QED) is 0.354. The Balaban J connectivity index is 0.00000264. The topological polar surface area (TPSA) is 56.7 Å². The third-order valence-corrected chi connectivity index (χ3v) is 4.20. The van der Waals surface area contributed by atoms with Crippen LogP contribution in [0.3, 0.4) is 0 Å². The number of halogens is 1. The summed E-state index contributed by atoms with van der Waals surface area (Å²) < 4.78 is 0. The number of hydrogen-bond donors (Lipinski definition) is 3. The molecule has 1 aromatic carbocycles. The Morgan fingerprint density at radius 2 is 1.83 bits per heavy atom. The maximum Gasteiger partial charge on any atom is 0.191 e. The van der Waals surface area contributed by atoms with Gasteiger partial charge in [0.25, 0.3) is 0 Å². The van der Waals surface area contributed by atoms with Gasteiger partial charge in [-0.2, -0.15) is 0 Å². The molecule has 0 aliphatic heterocycles. The van der Waals surface area contributed by atoms with E-state index in [2.05, 4.69) is 54.6 Å². The lowest BCUT2D eigenvalue weighted by molar-refractivity contribution is 0.217. The van der Waals surface area contributed by atoms with Crippen LogP contribution < -0.4 is 10.6 Å². The minimum atomic E-state index is 0. The second-order valence-electron chi connectivity index (χ2n) is 6.53. The van der Waals surface area contributed by atoms with Crippen molar-refractivity contribution >= 4 is 29.9 Å². The van der Waals surface area contributed by atoms with E-state index < -0.39 is 0 Å². The highest BCUT2D eigenvalue weighted by molar-refractivity contribution is 14.0. The van der Waals surface area contributed by atoms with Gasteiger partial charge in [0.2, 0.25) is 0 Å². The summed E-state index contributed by atoms with van der Waals surface area (Å²) in [6, 6.07) is 6.68. The van der Waals surface area contributed by atoms with E-state index in [9.17, 15) is 5.11 Å². The zero-order valence-electron chi connectivity index (χ0n) is 14.5. The number of benzene rings is 1. The number of nitrogens with one attached hydrogen (secondary N) is 2. The molecule has 0 heterocycles. The van der Waals surface area contributed by atoms with E-state index >= 15 is 0 Å². The molecule has 4 nitrogen and oxygen atoms in total. The highest BCUT2D eigenvalue weighted by atomic mass is 127. The summed E-state index contributed by atoms with van der Waals surface area (Å²) in [7, 11) is 0. The van der Waals surface area contributed by atoms with Gasteiger partial charge in [-0.15, -0.1) is 24.0 Å². The summed E-state index contributed by atoms with van der Waals surface area (Å²) in [5, 5.41) is 16.0. The molecule has 5 heteroatoms. The monoisotopic (exact) mass is 431 g/mol. The molecule has 2 rings (SSSR count). The van der Waals surface area contributed by atoms with Crippen LogP contribution >= 0.6 is 24.0 Å². The van der Waals surface area contributed by atoms with Crippen molar-refractivity contribution in [3.05, 3.63) is 34.9 Å². The lowest BCUT2D eigenvalue weighted by atomic mass is 10.1. The first-order valence-corrected chi connectivity index (χ1v) is 8.27. The van der Waals surface area contributed by atoms with Gasteiger partial charge in [-0.25, -0.2) is 0 Å². The van der Waals surface area contributed by atoms with E-state index in [-0.39, 0.29) is 36.0 Å². The predicted octanol–water partition coefficient (Wildman–Crippen LogP) is 2.79. The molecule has 0 radical (unpaired) electrons. The lowest BCUT2D eigenvalue weighted by Gasteiger charge is -2.14. The number of nitrogens with zero attached hydrogens (tertiary/aromatic N) is 1. The second-order valence-corrected chi connectivity index (χ2v) is 6.53. The minimum absolute atomic E-state index is 0. The highest BCUT2D eigenvalue weighted by Gasteiger charge is 2.41. The largest absolute Gasteiger partial charge is 0.396 e. The second kappa shape index (κ2) is 9.47. The molecule has 3 N–H and O–H groups in total. The Morgan fingerprint density at radius 3 is 2.35 bits per heavy atom. The number of aliphatic hydroxyl groups is 1. The molecule has 0 unspecified atom stereocenters. The van der Waals surface area contributed by atoms with Crippen molar-refractivity contribution < 1.29 is 5.11 Å². The molecule has 0 spiro atoms. The first-order chi connectivity index (χ1) is 10.6. The van der Waals surface area contributed by atoms with E-state index in [1.807, 2.05) is 0 Å². The van der Waals surface area contributed by atoms with E-state index in [1.54, 1.807) is 0 Å². The average Bonchev–Trinajstić information content (AvgIpc) is 3.24. The molecule has 1 aromatic rings. The molecule has 1 saturated carbocycles. The summed E-state index contributed by atoms with van der Waals surface area (Å²) in [5.41, 5.74) is 4.05. The van der Waals surface area contributed by atoms with Crippen molar-refractivity contribution in [3.8, 4) is 0 Å². The smallest absolute Gasteiger partial charge is 0.191 e. The molecular formula is C18H30IN3O. The zero-order valence-corrected chi connectivity index (χ0v) is 16.8. The standard InChI is InChI=1S/C18H29N3O.HI/c1-4-19-17(21-12-18(13-22)6-7-18)20-8-5-16-10-14(2)9-15(3)11-16;/h9-11,22H,4-8,12-13H2,1-3H3,(H2,19,20,21);1H. The third-order valence-electron chi connectivity index (χ3n) is 4.20. The summed E-state index contributed by atoms with van der Waals surface area (Å²) in [5.74, 6) is 0.853. The van der Waals surface area contributed by atoms with Gasteiger partial charge >= 0.3 is 0 Å². The van der Waals surface area contributed by atoms with E-state index in [4.69, 9.17) is 0 Å². The Bertz CT molecular complexity index is 507. The average molecular weight is 431 g/mol. The lowest BCUT2D eigenvalue weighted by Crippen LogP contribution is -2.39. The van der Waals surface area contributed by atoms with E-state index in [0.717, 1.165) is 38.3 Å². The first kappa shape index (κ1) is 20.2. The summed E-state index contributed by atoms with van der Waals surface area (Å²) in [6.07, 6.45) is 3.17. The Hall–Kier alpha value is -0.820. The fourth-order valence-electron chi connectivity index (χ4n) is 2.67. The maximum absolute atomic E-state index is 9.37. The minimum Gasteiger partial charge on any atom is -0.396 e. The van der Waals surface area contributed by atoms with Crippen LogP contribution in [0.1, 0.15) is 36.5 Å². The first-order valence-electron chi connectivity index (χ1n) is 8.27. The van der Waals surface area contributed by atoms with Crippen molar-refractivity contribution in [3.63, 3.8) is 0 Å². The van der Waals surface area contributed by atoms with Gasteiger partial charge in [0.05, 0.1) is 13.2 Å². The van der Waals surface area contributed by atoms with Crippen LogP contribution in [0.4, 0.5) is 0 Å². The number of hydrogen-bond acceptors (Lipinski definition) is 2. The van der Waals surface area contributed by atoms with Crippen LogP contribution in [0.2, 0.25) is 0 Å². The van der Waals surface area contributed by atoms with Crippen LogP contribution in [0.5, 0.6) is 0 Å². The fraction of sp³-hybridized carbons (Fsp3) is 0.611. The number of aliphatic imine (C=N–C) groups is 1. The molecule has 0 saturated heterocycles. The normalized spacial score (nSPS) is 15.7. The summed E-state index contributed by atoms with van der Waals surface area (Å²) >= 11 is 0. The van der Waals surface area contributed by atoms with Crippen LogP contribution in [0, 0.1) is 19.3 Å². The molecular weight excluding hydrogens is 401 g/mol. The van der Waals surface area contributed by atoms with Crippen molar-refractivity contribution in [2.24, 2.45) is 10.4 Å². The van der Waals surface area contributed by atoms with Gasteiger partial charge in [-0.3, -0.25) is 4.99 Å². The molecule has 0 atom stereocenters. The SMILES string of the molecule is CCNC(=NCC1(CO)CC1)NCCc1cc(C)cc(C)c1.I. The van der Waals surface area contributed by atoms with Gasteiger partial charge < -0.3 is 15.7 Å². The Kier molecular flexibility index (Phi) is 8.33. The van der Waals surface area contributed by atoms with Crippen molar-refractivity contribution in [2.45, 2.75) is 40.0 Å². The number of rotatable bonds is 7. The summed E-state index contributed by atoms with van der Waals surface area (Å²) in [6.45, 7) is 9.02. The molecule has 0 bridgehead atoms. The number of aliphatic hydroxyl groups excluding tert-OH is 1. The Morgan fingerprint density at radius 1 is 1.17 bits per heavy atom. The molecule has 1 aliphatic rings. The predicted molar refractivity (Wildman–Crippen MR) is 108 cm³/mol. The summed E-state index contributed by atoms with van der Waals surface area (Å²) in [4.78, 5) is 4.62. The fourth-order valence-corrected chi connectivity index (χ4v) is 2.67. The van der Waals surface area contributed by atoms with Gasteiger partial charge in [0, 0.05) is 18.5 Å². The van der Waals surface area contributed by atoms with Gasteiger partial charge in [0.1, 0.15) is 0 Å². The van der Waals surface area contributed by atoms with Gasteiger partial charge in [0.15, 0.2) is 5.96 Å². The van der Waals surface area contributed by atoms with Crippen LogP contribution in [-0.4, -0.2) is 37.3 Å². The van der Waals surface area contributed by atoms with Gasteiger partial charge in [-0.1, -0.05) is 29.3 Å². The van der Waals surface area contributed by atoms with Crippen LogP contribution in [0.15, 0.2) is 23.2 Å².